The Morgan fingerprint density at radius 1 is 1.03 bits per heavy atom. The van der Waals surface area contributed by atoms with Crippen molar-refractivity contribution in [2.75, 3.05) is 13.3 Å². The molecule has 0 amide bonds. The first kappa shape index (κ1) is 19.9. The molecule has 3 aromatic rings. The van der Waals surface area contributed by atoms with Crippen LogP contribution in [0.4, 0.5) is 0 Å². The summed E-state index contributed by atoms with van der Waals surface area (Å²) in [5, 5.41) is 0.499. The van der Waals surface area contributed by atoms with Crippen molar-refractivity contribution >= 4 is 11.0 Å². The van der Waals surface area contributed by atoms with E-state index in [2.05, 4.69) is 4.90 Å². The van der Waals surface area contributed by atoms with Gasteiger partial charge in [-0.1, -0.05) is 31.4 Å². The fraction of sp³-hybridized carbons (Fsp3) is 0.400. The quantitative estimate of drug-likeness (QED) is 0.545. The van der Waals surface area contributed by atoms with Crippen molar-refractivity contribution in [1.82, 2.24) is 4.90 Å². The number of para-hydroxylation sites is 2. The van der Waals surface area contributed by atoms with E-state index < -0.39 is 0 Å². The number of ether oxygens (including phenoxy) is 3. The molecule has 5 rings (SSSR count). The highest BCUT2D eigenvalue weighted by atomic mass is 16.5. The molecular weight excluding hydrogens is 394 g/mol. The minimum atomic E-state index is -0.204. The molecule has 0 unspecified atom stereocenters. The van der Waals surface area contributed by atoms with Crippen molar-refractivity contribution in [2.24, 2.45) is 0 Å². The first-order chi connectivity index (χ1) is 15.2. The van der Waals surface area contributed by atoms with Gasteiger partial charge in [-0.15, -0.1) is 0 Å². The first-order valence-electron chi connectivity index (χ1n) is 11.1. The summed E-state index contributed by atoms with van der Waals surface area (Å²) in [7, 11) is 0. The van der Waals surface area contributed by atoms with Gasteiger partial charge in [-0.3, -0.25) is 9.69 Å². The van der Waals surface area contributed by atoms with E-state index in [1.54, 1.807) is 12.1 Å². The minimum absolute atomic E-state index is 0.139. The van der Waals surface area contributed by atoms with Crippen LogP contribution >= 0.6 is 0 Å². The average molecular weight is 421 g/mol. The predicted octanol–water partition coefficient (Wildman–Crippen LogP) is 5.47. The molecule has 1 saturated carbocycles. The molecule has 0 N–H and O–H groups in total. The average Bonchev–Trinajstić information content (AvgIpc) is 2.82. The lowest BCUT2D eigenvalue weighted by Crippen LogP contribution is -2.41. The summed E-state index contributed by atoms with van der Waals surface area (Å²) in [5.41, 5.74) is 1.31. The molecule has 2 aromatic carbocycles. The molecule has 6 heteroatoms. The summed E-state index contributed by atoms with van der Waals surface area (Å²) >= 11 is 0. The SMILES string of the molecule is CCOc1ccccc1Oc1coc2c3c(ccc2c1=O)OCN(C1CCCCC1)C3. The standard InChI is InChI=1S/C25H27NO5/c1-2-28-21-10-6-7-11-22(21)31-23-15-29-25-18(24(23)27)12-13-20-19(25)14-26(16-30-20)17-8-4-3-5-9-17/h6-7,10-13,15,17H,2-5,8-9,14,16H2,1H3. The van der Waals surface area contributed by atoms with Crippen molar-refractivity contribution in [3.05, 3.63) is 58.4 Å². The van der Waals surface area contributed by atoms with Crippen LogP contribution in [0.25, 0.3) is 11.0 Å². The smallest absolute Gasteiger partial charge is 0.235 e. The summed E-state index contributed by atoms with van der Waals surface area (Å²) in [4.78, 5) is 15.6. The van der Waals surface area contributed by atoms with E-state index >= 15 is 0 Å². The van der Waals surface area contributed by atoms with Crippen LogP contribution < -0.4 is 19.6 Å². The summed E-state index contributed by atoms with van der Waals surface area (Å²) in [5.74, 6) is 2.01. The van der Waals surface area contributed by atoms with Gasteiger partial charge in [-0.2, -0.15) is 0 Å². The van der Waals surface area contributed by atoms with Crippen LogP contribution in [0.2, 0.25) is 0 Å². The monoisotopic (exact) mass is 421 g/mol. The lowest BCUT2D eigenvalue weighted by atomic mass is 9.93. The number of nitrogens with zero attached hydrogens (tertiary/aromatic N) is 1. The molecule has 0 spiro atoms. The van der Waals surface area contributed by atoms with Gasteiger partial charge in [0.2, 0.25) is 11.2 Å². The molecule has 1 aliphatic carbocycles. The van der Waals surface area contributed by atoms with E-state index in [0.717, 1.165) is 17.9 Å². The lowest BCUT2D eigenvalue weighted by Gasteiger charge is -2.37. The summed E-state index contributed by atoms with van der Waals surface area (Å²) < 4.78 is 23.5. The van der Waals surface area contributed by atoms with Crippen molar-refractivity contribution in [2.45, 2.75) is 51.6 Å². The summed E-state index contributed by atoms with van der Waals surface area (Å²) in [6.45, 7) is 3.73. The fourth-order valence-electron chi connectivity index (χ4n) is 4.59. The van der Waals surface area contributed by atoms with Crippen LogP contribution in [0, 0.1) is 0 Å². The fourth-order valence-corrected chi connectivity index (χ4v) is 4.59. The van der Waals surface area contributed by atoms with Gasteiger partial charge in [0.25, 0.3) is 0 Å². The molecular formula is C25H27NO5. The maximum absolute atomic E-state index is 13.2. The number of hydrogen-bond acceptors (Lipinski definition) is 6. The maximum Gasteiger partial charge on any atom is 0.235 e. The van der Waals surface area contributed by atoms with Crippen LogP contribution in [-0.2, 0) is 6.54 Å². The van der Waals surface area contributed by atoms with Gasteiger partial charge in [-0.05, 0) is 44.0 Å². The Morgan fingerprint density at radius 2 is 1.84 bits per heavy atom. The van der Waals surface area contributed by atoms with E-state index in [1.165, 1.54) is 38.4 Å². The third-order valence-electron chi connectivity index (χ3n) is 6.18. The highest BCUT2D eigenvalue weighted by Gasteiger charge is 2.28. The molecule has 2 heterocycles. The molecule has 0 saturated heterocycles. The van der Waals surface area contributed by atoms with Gasteiger partial charge in [0.1, 0.15) is 24.3 Å². The number of hydrogen-bond donors (Lipinski definition) is 0. The van der Waals surface area contributed by atoms with Gasteiger partial charge in [0.05, 0.1) is 17.6 Å². The largest absolute Gasteiger partial charge is 0.490 e. The summed E-state index contributed by atoms with van der Waals surface area (Å²) in [6, 6.07) is 11.5. The molecule has 0 atom stereocenters. The third kappa shape index (κ3) is 3.88. The van der Waals surface area contributed by atoms with Crippen LogP contribution in [0.15, 0.2) is 51.9 Å². The normalized spacial score (nSPS) is 17.2. The lowest BCUT2D eigenvalue weighted by molar-refractivity contribution is 0.0406. The molecule has 0 radical (unpaired) electrons. The molecule has 6 nitrogen and oxygen atoms in total. The van der Waals surface area contributed by atoms with E-state index in [-0.39, 0.29) is 11.2 Å². The zero-order chi connectivity index (χ0) is 21.2. The van der Waals surface area contributed by atoms with Crippen molar-refractivity contribution in [1.29, 1.82) is 0 Å². The number of fused-ring (bicyclic) bond motifs is 3. The zero-order valence-electron chi connectivity index (χ0n) is 17.8. The highest BCUT2D eigenvalue weighted by Crippen LogP contribution is 2.36. The molecule has 31 heavy (non-hydrogen) atoms. The van der Waals surface area contributed by atoms with Gasteiger partial charge < -0.3 is 18.6 Å². The van der Waals surface area contributed by atoms with Crippen LogP contribution in [-0.4, -0.2) is 24.3 Å². The predicted molar refractivity (Wildman–Crippen MR) is 118 cm³/mol. The second kappa shape index (κ2) is 8.63. The Kier molecular flexibility index (Phi) is 5.55. The van der Waals surface area contributed by atoms with Crippen LogP contribution in [0.3, 0.4) is 0 Å². The molecule has 2 aliphatic rings. The van der Waals surface area contributed by atoms with Crippen LogP contribution in [0.5, 0.6) is 23.0 Å². The van der Waals surface area contributed by atoms with Gasteiger partial charge in [0.15, 0.2) is 11.5 Å². The highest BCUT2D eigenvalue weighted by molar-refractivity contribution is 5.83. The van der Waals surface area contributed by atoms with Gasteiger partial charge in [-0.25, -0.2) is 0 Å². The van der Waals surface area contributed by atoms with Crippen LogP contribution in [0.1, 0.15) is 44.6 Å². The maximum atomic E-state index is 13.2. The van der Waals surface area contributed by atoms with Crippen molar-refractivity contribution in [3.8, 4) is 23.0 Å². The van der Waals surface area contributed by atoms with Gasteiger partial charge >= 0.3 is 0 Å². The van der Waals surface area contributed by atoms with E-state index in [0.29, 0.717) is 41.8 Å². The molecule has 162 valence electrons. The first-order valence-corrected chi connectivity index (χ1v) is 11.1. The molecule has 0 bridgehead atoms. The molecule has 1 fully saturated rings. The second-order valence-electron chi connectivity index (χ2n) is 8.14. The molecule has 1 aromatic heterocycles. The Balaban J connectivity index is 1.47. The van der Waals surface area contributed by atoms with E-state index in [9.17, 15) is 4.79 Å². The second-order valence-corrected chi connectivity index (χ2v) is 8.14. The Bertz CT molecular complexity index is 1130. The van der Waals surface area contributed by atoms with Crippen molar-refractivity contribution in [3.63, 3.8) is 0 Å². The molecule has 1 aliphatic heterocycles. The van der Waals surface area contributed by atoms with Crippen molar-refractivity contribution < 1.29 is 18.6 Å². The number of rotatable bonds is 5. The zero-order valence-corrected chi connectivity index (χ0v) is 17.8. The van der Waals surface area contributed by atoms with E-state index in [1.807, 2.05) is 31.2 Å². The van der Waals surface area contributed by atoms with Gasteiger partial charge in [0, 0.05) is 12.6 Å². The minimum Gasteiger partial charge on any atom is -0.490 e. The Labute approximate surface area is 181 Å². The summed E-state index contributed by atoms with van der Waals surface area (Å²) in [6.07, 6.45) is 7.64. The topological polar surface area (TPSA) is 61.1 Å². The number of benzene rings is 2. The Morgan fingerprint density at radius 3 is 2.65 bits per heavy atom. The van der Waals surface area contributed by atoms with E-state index in [4.69, 9.17) is 18.6 Å². The Hall–Kier alpha value is -2.99. The third-order valence-corrected chi connectivity index (χ3v) is 6.18.